The van der Waals surface area contributed by atoms with E-state index < -0.39 is 0 Å². The van der Waals surface area contributed by atoms with Crippen LogP contribution >= 0.6 is 0 Å². The molecule has 0 radical (unpaired) electrons. The number of amides is 1. The molecule has 0 aromatic heterocycles. The lowest BCUT2D eigenvalue weighted by Gasteiger charge is -2.20. The molecule has 1 aromatic rings. The predicted molar refractivity (Wildman–Crippen MR) is 72.7 cm³/mol. The topological polar surface area (TPSA) is 29.1 Å². The highest BCUT2D eigenvalue weighted by atomic mass is 16.1. The number of nitrogens with one attached hydrogen (secondary N) is 1. The fourth-order valence-electron chi connectivity index (χ4n) is 1.42. The summed E-state index contributed by atoms with van der Waals surface area (Å²) in [7, 11) is 0. The molecule has 0 saturated heterocycles. The van der Waals surface area contributed by atoms with Crippen molar-refractivity contribution in [1.82, 2.24) is 5.32 Å². The fourth-order valence-corrected chi connectivity index (χ4v) is 1.42. The van der Waals surface area contributed by atoms with E-state index in [4.69, 9.17) is 0 Å². The third-order valence-corrected chi connectivity index (χ3v) is 2.31. The van der Waals surface area contributed by atoms with Gasteiger partial charge in [0.05, 0.1) is 0 Å². The van der Waals surface area contributed by atoms with E-state index >= 15 is 0 Å². The van der Waals surface area contributed by atoms with E-state index in [1.54, 1.807) is 0 Å². The Kier molecular flexibility index (Phi) is 4.11. The molecular formula is C15H21NO. The van der Waals surface area contributed by atoms with E-state index in [1.807, 2.05) is 65.0 Å². The first-order chi connectivity index (χ1) is 7.78. The maximum atomic E-state index is 11.9. The van der Waals surface area contributed by atoms with Gasteiger partial charge in [0.25, 0.3) is 0 Å². The molecule has 0 aliphatic rings. The standard InChI is InChI=1S/C15H21NO/c1-11-6-8-13(9-7-11)10-12(2)14(17)16-15(3,4)5/h6-10H,1-5H3,(H,16,17)/b12-10+. The maximum absolute atomic E-state index is 11.9. The molecule has 0 bridgehead atoms. The molecule has 0 unspecified atom stereocenters. The summed E-state index contributed by atoms with van der Waals surface area (Å²) in [6, 6.07) is 8.12. The molecular weight excluding hydrogens is 210 g/mol. The number of rotatable bonds is 2. The Labute approximate surface area is 104 Å². The molecule has 0 saturated carbocycles. The highest BCUT2D eigenvalue weighted by Crippen LogP contribution is 2.09. The minimum absolute atomic E-state index is 0.0157. The fraction of sp³-hybridized carbons (Fsp3) is 0.400. The van der Waals surface area contributed by atoms with Gasteiger partial charge in [-0.15, -0.1) is 0 Å². The van der Waals surface area contributed by atoms with Crippen molar-refractivity contribution in [2.75, 3.05) is 0 Å². The number of aryl methyl sites for hydroxylation is 1. The summed E-state index contributed by atoms with van der Waals surface area (Å²) in [6.07, 6.45) is 1.90. The van der Waals surface area contributed by atoms with Crippen LogP contribution in [0.5, 0.6) is 0 Å². The average Bonchev–Trinajstić information content (AvgIpc) is 2.19. The quantitative estimate of drug-likeness (QED) is 0.777. The molecule has 2 nitrogen and oxygen atoms in total. The molecule has 0 aliphatic heterocycles. The Morgan fingerprint density at radius 3 is 2.18 bits per heavy atom. The normalized spacial score (nSPS) is 12.4. The number of hydrogen-bond donors (Lipinski definition) is 1. The van der Waals surface area contributed by atoms with Gasteiger partial charge in [-0.25, -0.2) is 0 Å². The van der Waals surface area contributed by atoms with Crippen LogP contribution in [-0.2, 0) is 4.79 Å². The highest BCUT2D eigenvalue weighted by molar-refractivity contribution is 5.97. The average molecular weight is 231 g/mol. The Hall–Kier alpha value is -1.57. The summed E-state index contributed by atoms with van der Waals surface area (Å²) in [5.74, 6) is -0.0157. The number of carbonyl (C=O) groups excluding carboxylic acids is 1. The van der Waals surface area contributed by atoms with Gasteiger partial charge >= 0.3 is 0 Å². The zero-order valence-electron chi connectivity index (χ0n) is 11.3. The van der Waals surface area contributed by atoms with Crippen molar-refractivity contribution in [3.63, 3.8) is 0 Å². The Morgan fingerprint density at radius 1 is 1.18 bits per heavy atom. The number of benzene rings is 1. The summed E-state index contributed by atoms with van der Waals surface area (Å²) in [6.45, 7) is 9.81. The van der Waals surface area contributed by atoms with Crippen LogP contribution in [0.25, 0.3) is 6.08 Å². The first-order valence-electron chi connectivity index (χ1n) is 5.85. The lowest BCUT2D eigenvalue weighted by Crippen LogP contribution is -2.40. The van der Waals surface area contributed by atoms with Gasteiger partial charge < -0.3 is 5.32 Å². The number of carbonyl (C=O) groups is 1. The first-order valence-corrected chi connectivity index (χ1v) is 5.85. The summed E-state index contributed by atoms with van der Waals surface area (Å²) < 4.78 is 0. The lowest BCUT2D eigenvalue weighted by atomic mass is 10.1. The second-order valence-corrected chi connectivity index (χ2v) is 5.44. The molecule has 0 spiro atoms. The third-order valence-electron chi connectivity index (χ3n) is 2.31. The van der Waals surface area contributed by atoms with Gasteiger partial charge in [0, 0.05) is 11.1 Å². The maximum Gasteiger partial charge on any atom is 0.247 e. The largest absolute Gasteiger partial charge is 0.348 e. The summed E-state index contributed by atoms with van der Waals surface area (Å²) in [4.78, 5) is 11.9. The van der Waals surface area contributed by atoms with Gasteiger partial charge in [-0.3, -0.25) is 4.79 Å². The lowest BCUT2D eigenvalue weighted by molar-refractivity contribution is -0.118. The summed E-state index contributed by atoms with van der Waals surface area (Å²) in [5.41, 5.74) is 2.80. The zero-order valence-corrected chi connectivity index (χ0v) is 11.3. The Morgan fingerprint density at radius 2 is 1.71 bits per heavy atom. The monoisotopic (exact) mass is 231 g/mol. The van der Waals surface area contributed by atoms with Crippen LogP contribution in [0.2, 0.25) is 0 Å². The van der Waals surface area contributed by atoms with Crippen LogP contribution in [-0.4, -0.2) is 11.4 Å². The van der Waals surface area contributed by atoms with Crippen LogP contribution in [0.4, 0.5) is 0 Å². The smallest absolute Gasteiger partial charge is 0.247 e. The van der Waals surface area contributed by atoms with Gasteiger partial charge in [0.2, 0.25) is 5.91 Å². The van der Waals surface area contributed by atoms with E-state index in [0.29, 0.717) is 0 Å². The predicted octanol–water partition coefficient (Wildman–Crippen LogP) is 3.31. The molecule has 1 amide bonds. The molecule has 2 heteroatoms. The van der Waals surface area contributed by atoms with Crippen molar-refractivity contribution in [2.45, 2.75) is 40.2 Å². The van der Waals surface area contributed by atoms with Gasteiger partial charge in [-0.1, -0.05) is 29.8 Å². The molecule has 0 heterocycles. The first kappa shape index (κ1) is 13.5. The molecule has 0 atom stereocenters. The minimum atomic E-state index is -0.195. The van der Waals surface area contributed by atoms with Crippen molar-refractivity contribution in [3.8, 4) is 0 Å². The van der Waals surface area contributed by atoms with Crippen molar-refractivity contribution in [1.29, 1.82) is 0 Å². The molecule has 1 aromatic carbocycles. The van der Waals surface area contributed by atoms with Gasteiger partial charge in [0.1, 0.15) is 0 Å². The van der Waals surface area contributed by atoms with Crippen molar-refractivity contribution in [3.05, 3.63) is 41.0 Å². The van der Waals surface area contributed by atoms with Crippen molar-refractivity contribution in [2.24, 2.45) is 0 Å². The number of hydrogen-bond acceptors (Lipinski definition) is 1. The molecule has 17 heavy (non-hydrogen) atoms. The van der Waals surface area contributed by atoms with Gasteiger partial charge in [-0.2, -0.15) is 0 Å². The van der Waals surface area contributed by atoms with Crippen LogP contribution in [0.3, 0.4) is 0 Å². The van der Waals surface area contributed by atoms with E-state index in [9.17, 15) is 4.79 Å². The van der Waals surface area contributed by atoms with E-state index in [1.165, 1.54) is 5.56 Å². The third kappa shape index (κ3) is 4.85. The molecule has 1 rings (SSSR count). The van der Waals surface area contributed by atoms with E-state index in [-0.39, 0.29) is 11.4 Å². The Balaban J connectivity index is 2.79. The molecule has 0 fully saturated rings. The second-order valence-electron chi connectivity index (χ2n) is 5.44. The van der Waals surface area contributed by atoms with Crippen LogP contribution < -0.4 is 5.32 Å². The Bertz CT molecular complexity index is 421. The van der Waals surface area contributed by atoms with Crippen LogP contribution in [0, 0.1) is 6.92 Å². The zero-order chi connectivity index (χ0) is 13.1. The molecule has 92 valence electrons. The molecule has 0 aliphatic carbocycles. The van der Waals surface area contributed by atoms with E-state index in [0.717, 1.165) is 11.1 Å². The SMILES string of the molecule is C/C(=C\c1ccc(C)cc1)C(=O)NC(C)(C)C. The van der Waals surface area contributed by atoms with E-state index in [2.05, 4.69) is 5.32 Å². The summed E-state index contributed by atoms with van der Waals surface area (Å²) >= 11 is 0. The van der Waals surface area contributed by atoms with Crippen LogP contribution in [0.15, 0.2) is 29.8 Å². The molecule has 1 N–H and O–H groups in total. The summed E-state index contributed by atoms with van der Waals surface area (Å²) in [5, 5.41) is 2.94. The van der Waals surface area contributed by atoms with Crippen molar-refractivity contribution >= 4 is 12.0 Å². The van der Waals surface area contributed by atoms with Gasteiger partial charge in [-0.05, 0) is 46.3 Å². The second kappa shape index (κ2) is 5.17. The highest BCUT2D eigenvalue weighted by Gasteiger charge is 2.14. The minimum Gasteiger partial charge on any atom is -0.348 e. The van der Waals surface area contributed by atoms with Gasteiger partial charge in [0.15, 0.2) is 0 Å². The van der Waals surface area contributed by atoms with Crippen molar-refractivity contribution < 1.29 is 4.79 Å². The van der Waals surface area contributed by atoms with Crippen LogP contribution in [0.1, 0.15) is 38.8 Å².